The Morgan fingerprint density at radius 2 is 2.00 bits per heavy atom. The summed E-state index contributed by atoms with van der Waals surface area (Å²) in [4.78, 5) is 15.4. The summed E-state index contributed by atoms with van der Waals surface area (Å²) in [6.45, 7) is 3.69. The van der Waals surface area contributed by atoms with Crippen LogP contribution < -0.4 is 0 Å². The summed E-state index contributed by atoms with van der Waals surface area (Å²) in [6.07, 6.45) is 3.30. The molecule has 0 spiro atoms. The predicted octanol–water partition coefficient (Wildman–Crippen LogP) is 3.55. The summed E-state index contributed by atoms with van der Waals surface area (Å²) in [6, 6.07) is 12.5. The zero-order chi connectivity index (χ0) is 14.7. The fourth-order valence-electron chi connectivity index (χ4n) is 2.92. The molecule has 1 amide bonds. The Morgan fingerprint density at radius 1 is 1.29 bits per heavy atom. The van der Waals surface area contributed by atoms with Crippen molar-refractivity contribution in [2.45, 2.75) is 26.2 Å². The number of piperidine rings is 1. The van der Waals surface area contributed by atoms with E-state index in [0.29, 0.717) is 11.6 Å². The maximum atomic E-state index is 12.3. The highest BCUT2D eigenvalue weighted by molar-refractivity contribution is 7.05. The van der Waals surface area contributed by atoms with Crippen LogP contribution in [-0.2, 0) is 6.42 Å². The Morgan fingerprint density at radius 3 is 2.62 bits per heavy atom. The molecule has 0 bridgehead atoms. The first-order valence-corrected chi connectivity index (χ1v) is 8.26. The minimum absolute atomic E-state index is 0.0949. The summed E-state index contributed by atoms with van der Waals surface area (Å²) in [5.74, 6) is 0.783. The molecule has 0 saturated carbocycles. The number of aryl methyl sites for hydroxylation is 1. The number of carbonyl (C=O) groups excluding carboxylic acids is 1. The third-order valence-corrected chi connectivity index (χ3v) is 4.81. The highest BCUT2D eigenvalue weighted by atomic mass is 32.1. The lowest BCUT2D eigenvalue weighted by Crippen LogP contribution is -2.39. The van der Waals surface area contributed by atoms with Crippen molar-refractivity contribution in [1.82, 2.24) is 9.27 Å². The van der Waals surface area contributed by atoms with Gasteiger partial charge in [0.25, 0.3) is 5.91 Å². The van der Waals surface area contributed by atoms with Crippen LogP contribution in [0.1, 0.15) is 33.8 Å². The van der Waals surface area contributed by atoms with Gasteiger partial charge in [0, 0.05) is 18.0 Å². The molecule has 3 nitrogen and oxygen atoms in total. The summed E-state index contributed by atoms with van der Waals surface area (Å²) in [5.41, 5.74) is 2.01. The van der Waals surface area contributed by atoms with E-state index in [0.717, 1.165) is 37.2 Å². The Balaban J connectivity index is 1.54. The fourth-order valence-corrected chi connectivity index (χ4v) is 3.45. The van der Waals surface area contributed by atoms with Crippen LogP contribution in [0.15, 0.2) is 36.4 Å². The topological polar surface area (TPSA) is 33.2 Å². The van der Waals surface area contributed by atoms with Crippen LogP contribution in [0.25, 0.3) is 0 Å². The van der Waals surface area contributed by atoms with E-state index in [9.17, 15) is 4.79 Å². The number of amides is 1. The Bertz CT molecular complexity index is 600. The SMILES string of the molecule is Cc1cc(C(=O)N2CCC(Cc3ccccc3)CC2)ns1. The van der Waals surface area contributed by atoms with Crippen molar-refractivity contribution in [3.8, 4) is 0 Å². The van der Waals surface area contributed by atoms with Gasteiger partial charge in [0.15, 0.2) is 0 Å². The molecule has 1 fully saturated rings. The monoisotopic (exact) mass is 300 g/mol. The molecule has 1 aliphatic rings. The molecule has 0 N–H and O–H groups in total. The fraction of sp³-hybridized carbons (Fsp3) is 0.412. The van der Waals surface area contributed by atoms with Crippen molar-refractivity contribution < 1.29 is 4.79 Å². The second-order valence-corrected chi connectivity index (χ2v) is 6.76. The highest BCUT2D eigenvalue weighted by Gasteiger charge is 2.24. The molecule has 110 valence electrons. The third kappa shape index (κ3) is 3.50. The molecule has 0 radical (unpaired) electrons. The van der Waals surface area contributed by atoms with Gasteiger partial charge in [-0.25, -0.2) is 0 Å². The molecular weight excluding hydrogens is 280 g/mol. The first-order valence-electron chi connectivity index (χ1n) is 7.49. The zero-order valence-electron chi connectivity index (χ0n) is 12.3. The minimum Gasteiger partial charge on any atom is -0.337 e. The van der Waals surface area contributed by atoms with Gasteiger partial charge in [-0.1, -0.05) is 30.3 Å². The molecule has 3 rings (SSSR count). The first kappa shape index (κ1) is 14.3. The van der Waals surface area contributed by atoms with Crippen molar-refractivity contribution >= 4 is 17.4 Å². The number of aromatic nitrogens is 1. The van der Waals surface area contributed by atoms with Gasteiger partial charge in [-0.3, -0.25) is 4.79 Å². The van der Waals surface area contributed by atoms with E-state index in [1.807, 2.05) is 17.9 Å². The number of benzene rings is 1. The van der Waals surface area contributed by atoms with Crippen LogP contribution in [0, 0.1) is 12.8 Å². The van der Waals surface area contributed by atoms with E-state index in [4.69, 9.17) is 0 Å². The zero-order valence-corrected chi connectivity index (χ0v) is 13.1. The van der Waals surface area contributed by atoms with Crippen LogP contribution in [0.2, 0.25) is 0 Å². The van der Waals surface area contributed by atoms with E-state index in [-0.39, 0.29) is 5.91 Å². The van der Waals surface area contributed by atoms with Crippen molar-refractivity contribution in [3.05, 3.63) is 52.5 Å². The van der Waals surface area contributed by atoms with E-state index in [1.54, 1.807) is 0 Å². The average Bonchev–Trinajstić information content (AvgIpc) is 2.95. The lowest BCUT2D eigenvalue weighted by atomic mass is 9.90. The van der Waals surface area contributed by atoms with Crippen molar-refractivity contribution in [3.63, 3.8) is 0 Å². The van der Waals surface area contributed by atoms with Gasteiger partial charge in [0.2, 0.25) is 0 Å². The molecule has 1 saturated heterocycles. The predicted molar refractivity (Wildman–Crippen MR) is 85.6 cm³/mol. The van der Waals surface area contributed by atoms with E-state index < -0.39 is 0 Å². The Labute approximate surface area is 129 Å². The number of likely N-dealkylation sites (tertiary alicyclic amines) is 1. The maximum absolute atomic E-state index is 12.3. The lowest BCUT2D eigenvalue weighted by Gasteiger charge is -2.31. The number of hydrogen-bond donors (Lipinski definition) is 0. The molecule has 1 aliphatic heterocycles. The normalized spacial score (nSPS) is 16.1. The van der Waals surface area contributed by atoms with Crippen LogP contribution in [0.5, 0.6) is 0 Å². The highest BCUT2D eigenvalue weighted by Crippen LogP contribution is 2.23. The molecule has 0 atom stereocenters. The smallest absolute Gasteiger partial charge is 0.273 e. The van der Waals surface area contributed by atoms with Gasteiger partial charge < -0.3 is 4.90 Å². The third-order valence-electron chi connectivity index (χ3n) is 4.12. The average molecular weight is 300 g/mol. The van der Waals surface area contributed by atoms with E-state index in [2.05, 4.69) is 34.7 Å². The Kier molecular flexibility index (Phi) is 4.34. The van der Waals surface area contributed by atoms with Crippen molar-refractivity contribution in [1.29, 1.82) is 0 Å². The first-order chi connectivity index (χ1) is 10.2. The lowest BCUT2D eigenvalue weighted by molar-refractivity contribution is 0.0686. The summed E-state index contributed by atoms with van der Waals surface area (Å²) in [7, 11) is 0. The van der Waals surface area contributed by atoms with Gasteiger partial charge >= 0.3 is 0 Å². The number of rotatable bonds is 3. The molecule has 0 unspecified atom stereocenters. The maximum Gasteiger partial charge on any atom is 0.273 e. The van der Waals surface area contributed by atoms with Crippen LogP contribution in [-0.4, -0.2) is 28.3 Å². The summed E-state index contributed by atoms with van der Waals surface area (Å²) >= 11 is 1.40. The van der Waals surface area contributed by atoms with Gasteiger partial charge in [0.05, 0.1) is 0 Å². The molecular formula is C17H20N2OS. The second kappa shape index (κ2) is 6.39. The number of hydrogen-bond acceptors (Lipinski definition) is 3. The van der Waals surface area contributed by atoms with Crippen molar-refractivity contribution in [2.24, 2.45) is 5.92 Å². The van der Waals surface area contributed by atoms with E-state index in [1.165, 1.54) is 17.1 Å². The standard InChI is InChI=1S/C17H20N2OS/c1-13-11-16(18-21-13)17(20)19-9-7-15(8-10-19)12-14-5-3-2-4-6-14/h2-6,11,15H,7-10,12H2,1H3. The molecule has 2 heterocycles. The molecule has 0 aliphatic carbocycles. The van der Waals surface area contributed by atoms with Crippen LogP contribution in [0.3, 0.4) is 0 Å². The van der Waals surface area contributed by atoms with Gasteiger partial charge in [-0.15, -0.1) is 0 Å². The largest absolute Gasteiger partial charge is 0.337 e. The van der Waals surface area contributed by atoms with Crippen molar-refractivity contribution in [2.75, 3.05) is 13.1 Å². The quantitative estimate of drug-likeness (QED) is 0.868. The number of carbonyl (C=O) groups is 1. The number of nitrogens with zero attached hydrogens (tertiary/aromatic N) is 2. The van der Waals surface area contributed by atoms with Crippen LogP contribution in [0.4, 0.5) is 0 Å². The molecule has 1 aromatic carbocycles. The molecule has 4 heteroatoms. The summed E-state index contributed by atoms with van der Waals surface area (Å²) < 4.78 is 4.23. The second-order valence-electron chi connectivity index (χ2n) is 5.75. The van der Waals surface area contributed by atoms with E-state index >= 15 is 0 Å². The van der Waals surface area contributed by atoms with Crippen LogP contribution >= 0.6 is 11.5 Å². The molecule has 21 heavy (non-hydrogen) atoms. The minimum atomic E-state index is 0.0949. The summed E-state index contributed by atoms with van der Waals surface area (Å²) in [5, 5.41) is 0. The molecule has 1 aromatic heterocycles. The van der Waals surface area contributed by atoms with Gasteiger partial charge in [0.1, 0.15) is 5.69 Å². The Hall–Kier alpha value is -1.68. The van der Waals surface area contributed by atoms with Gasteiger partial charge in [-0.2, -0.15) is 4.37 Å². The van der Waals surface area contributed by atoms with Gasteiger partial charge in [-0.05, 0) is 55.3 Å². The molecule has 2 aromatic rings.